The molecule has 0 saturated carbocycles. The number of allylic oxidation sites excluding steroid dienone is 4. The van der Waals surface area contributed by atoms with E-state index >= 15 is 0 Å². The predicted molar refractivity (Wildman–Crippen MR) is 49.3 cm³/mol. The van der Waals surface area contributed by atoms with Crippen molar-refractivity contribution in [3.63, 3.8) is 0 Å². The summed E-state index contributed by atoms with van der Waals surface area (Å²) in [5, 5.41) is 2.11. The maximum absolute atomic E-state index is 3.34. The fraction of sp³-hybridized carbons (Fsp3) is 0.200. The summed E-state index contributed by atoms with van der Waals surface area (Å²) in [6, 6.07) is 4.23. The van der Waals surface area contributed by atoms with Crippen LogP contribution < -0.4 is 0 Å². The van der Waals surface area contributed by atoms with E-state index in [1.54, 1.807) is 11.3 Å². The van der Waals surface area contributed by atoms with Gasteiger partial charge in [0.05, 0.1) is 0 Å². The molecule has 0 nitrogen and oxygen atoms in total. The van der Waals surface area contributed by atoms with Gasteiger partial charge in [0.15, 0.2) is 0 Å². The summed E-state index contributed by atoms with van der Waals surface area (Å²) in [6.45, 7) is 2.15. The van der Waals surface area contributed by atoms with Crippen molar-refractivity contribution in [2.24, 2.45) is 0 Å². The standard InChI is InChI=1S/C10H9S/c1-8-4-2-5-9(8)10-6-3-7-11-10/h3-4,6-7H,2H2,1H3. The molecule has 1 heterocycles. The van der Waals surface area contributed by atoms with Gasteiger partial charge in [-0.05, 0) is 42.0 Å². The third kappa shape index (κ3) is 1.16. The van der Waals surface area contributed by atoms with Crippen LogP contribution in [0.4, 0.5) is 0 Å². The van der Waals surface area contributed by atoms with Gasteiger partial charge in [-0.15, -0.1) is 11.3 Å². The lowest BCUT2D eigenvalue weighted by Gasteiger charge is -1.97. The van der Waals surface area contributed by atoms with E-state index in [1.807, 2.05) is 0 Å². The molecule has 0 fully saturated rings. The molecule has 55 valence electrons. The molecule has 0 aliphatic heterocycles. The molecule has 1 aromatic rings. The normalized spacial score (nSPS) is 16.5. The Morgan fingerprint density at radius 2 is 2.45 bits per heavy atom. The first-order valence-electron chi connectivity index (χ1n) is 3.70. The van der Waals surface area contributed by atoms with Gasteiger partial charge in [0.1, 0.15) is 0 Å². The molecule has 1 aliphatic carbocycles. The minimum atomic E-state index is 0.985. The van der Waals surface area contributed by atoms with Crippen LogP contribution in [0.1, 0.15) is 18.2 Å². The topological polar surface area (TPSA) is 0 Å². The molecule has 0 saturated heterocycles. The molecule has 1 aliphatic rings. The Hall–Kier alpha value is -0.820. The van der Waals surface area contributed by atoms with Crippen LogP contribution in [0.5, 0.6) is 0 Å². The second-order valence-corrected chi connectivity index (χ2v) is 3.57. The summed E-state index contributed by atoms with van der Waals surface area (Å²) in [6.07, 6.45) is 6.55. The highest BCUT2D eigenvalue weighted by molar-refractivity contribution is 7.11. The Balaban J connectivity index is 2.38. The summed E-state index contributed by atoms with van der Waals surface area (Å²) in [5.41, 5.74) is 2.67. The van der Waals surface area contributed by atoms with Gasteiger partial charge in [0, 0.05) is 4.88 Å². The third-order valence-corrected chi connectivity index (χ3v) is 2.74. The van der Waals surface area contributed by atoms with Gasteiger partial charge in [-0.2, -0.15) is 0 Å². The third-order valence-electron chi connectivity index (χ3n) is 1.85. The number of rotatable bonds is 1. The van der Waals surface area contributed by atoms with Crippen LogP contribution in [0, 0.1) is 6.08 Å². The van der Waals surface area contributed by atoms with Crippen LogP contribution in [0.15, 0.2) is 29.2 Å². The summed E-state index contributed by atoms with van der Waals surface area (Å²) in [5.74, 6) is 0. The maximum atomic E-state index is 3.34. The number of hydrogen-bond donors (Lipinski definition) is 0. The first-order valence-corrected chi connectivity index (χ1v) is 4.58. The molecule has 11 heavy (non-hydrogen) atoms. The predicted octanol–water partition coefficient (Wildman–Crippen LogP) is 3.28. The van der Waals surface area contributed by atoms with Crippen molar-refractivity contribution < 1.29 is 0 Å². The number of hydrogen-bond acceptors (Lipinski definition) is 1. The zero-order valence-electron chi connectivity index (χ0n) is 6.42. The van der Waals surface area contributed by atoms with Crippen molar-refractivity contribution in [2.45, 2.75) is 13.3 Å². The van der Waals surface area contributed by atoms with Crippen LogP contribution in [-0.4, -0.2) is 0 Å². The fourth-order valence-corrected chi connectivity index (χ4v) is 2.06. The van der Waals surface area contributed by atoms with Crippen LogP contribution in [-0.2, 0) is 0 Å². The van der Waals surface area contributed by atoms with E-state index in [0.29, 0.717) is 0 Å². The second kappa shape index (κ2) is 2.67. The summed E-state index contributed by atoms with van der Waals surface area (Å²) in [4.78, 5) is 1.34. The molecular formula is C10H9S. The Morgan fingerprint density at radius 1 is 1.55 bits per heavy atom. The number of thiophene rings is 1. The van der Waals surface area contributed by atoms with Crippen molar-refractivity contribution in [1.29, 1.82) is 0 Å². The molecule has 0 atom stereocenters. The first-order chi connectivity index (χ1) is 5.38. The van der Waals surface area contributed by atoms with E-state index in [4.69, 9.17) is 0 Å². The highest BCUT2D eigenvalue weighted by atomic mass is 32.1. The van der Waals surface area contributed by atoms with Crippen molar-refractivity contribution in [3.8, 4) is 0 Å². The molecule has 2 rings (SSSR count). The van der Waals surface area contributed by atoms with Crippen LogP contribution >= 0.6 is 11.3 Å². The van der Waals surface area contributed by atoms with E-state index in [2.05, 4.69) is 36.6 Å². The highest BCUT2D eigenvalue weighted by Gasteiger charge is 2.08. The van der Waals surface area contributed by atoms with Crippen molar-refractivity contribution in [1.82, 2.24) is 0 Å². The van der Waals surface area contributed by atoms with Gasteiger partial charge in [-0.1, -0.05) is 12.1 Å². The molecule has 1 aromatic heterocycles. The summed E-state index contributed by atoms with van der Waals surface area (Å²) < 4.78 is 0. The van der Waals surface area contributed by atoms with Crippen LogP contribution in [0.2, 0.25) is 0 Å². The summed E-state index contributed by atoms with van der Waals surface area (Å²) >= 11 is 1.78. The lowest BCUT2D eigenvalue weighted by Crippen LogP contribution is -1.75. The van der Waals surface area contributed by atoms with Gasteiger partial charge < -0.3 is 0 Å². The Morgan fingerprint density at radius 3 is 3.00 bits per heavy atom. The Kier molecular flexibility index (Phi) is 1.66. The summed E-state index contributed by atoms with van der Waals surface area (Å²) in [7, 11) is 0. The van der Waals surface area contributed by atoms with E-state index in [0.717, 1.165) is 6.42 Å². The Bertz CT molecular complexity index is 302. The van der Waals surface area contributed by atoms with Gasteiger partial charge in [-0.25, -0.2) is 0 Å². The SMILES string of the molecule is CC1=CC[C]=C1c1cccs1. The minimum absolute atomic E-state index is 0.985. The average Bonchev–Trinajstić information content (AvgIpc) is 2.55. The van der Waals surface area contributed by atoms with E-state index < -0.39 is 0 Å². The minimum Gasteiger partial charge on any atom is -0.144 e. The van der Waals surface area contributed by atoms with Gasteiger partial charge >= 0.3 is 0 Å². The van der Waals surface area contributed by atoms with Gasteiger partial charge in [0.25, 0.3) is 0 Å². The van der Waals surface area contributed by atoms with Crippen LogP contribution in [0.25, 0.3) is 5.57 Å². The quantitative estimate of drug-likeness (QED) is 0.593. The largest absolute Gasteiger partial charge is 0.144 e. The molecule has 0 aromatic carbocycles. The second-order valence-electron chi connectivity index (χ2n) is 2.62. The Labute approximate surface area is 70.9 Å². The first kappa shape index (κ1) is 6.86. The molecule has 0 N–H and O–H groups in total. The van der Waals surface area contributed by atoms with Crippen molar-refractivity contribution in [3.05, 3.63) is 40.1 Å². The van der Waals surface area contributed by atoms with E-state index in [9.17, 15) is 0 Å². The molecular weight excluding hydrogens is 152 g/mol. The zero-order chi connectivity index (χ0) is 7.68. The smallest absolute Gasteiger partial charge is 0.0348 e. The molecule has 0 spiro atoms. The van der Waals surface area contributed by atoms with Crippen molar-refractivity contribution in [2.75, 3.05) is 0 Å². The lowest BCUT2D eigenvalue weighted by atomic mass is 10.1. The molecule has 1 heteroatoms. The van der Waals surface area contributed by atoms with E-state index in [1.165, 1.54) is 16.0 Å². The zero-order valence-corrected chi connectivity index (χ0v) is 7.24. The molecule has 0 unspecified atom stereocenters. The lowest BCUT2D eigenvalue weighted by molar-refractivity contribution is 1.38. The molecule has 0 amide bonds. The monoisotopic (exact) mass is 161 g/mol. The van der Waals surface area contributed by atoms with Crippen LogP contribution in [0.3, 0.4) is 0 Å². The van der Waals surface area contributed by atoms with E-state index in [-0.39, 0.29) is 0 Å². The highest BCUT2D eigenvalue weighted by Crippen LogP contribution is 2.30. The average molecular weight is 161 g/mol. The van der Waals surface area contributed by atoms with Crippen molar-refractivity contribution >= 4 is 16.9 Å². The molecule has 0 bridgehead atoms. The maximum Gasteiger partial charge on any atom is 0.0348 e. The fourth-order valence-electron chi connectivity index (χ4n) is 1.25. The van der Waals surface area contributed by atoms with Gasteiger partial charge in [-0.3, -0.25) is 0 Å². The molecule has 1 radical (unpaired) electrons. The van der Waals surface area contributed by atoms with Gasteiger partial charge in [0.2, 0.25) is 0 Å².